The van der Waals surface area contributed by atoms with Gasteiger partial charge in [0, 0.05) is 17.4 Å². The van der Waals surface area contributed by atoms with Gasteiger partial charge < -0.3 is 9.47 Å². The highest BCUT2D eigenvalue weighted by molar-refractivity contribution is 9.10. The minimum Gasteiger partial charge on any atom is -0.353 e. The van der Waals surface area contributed by atoms with E-state index in [9.17, 15) is 0 Å². The first kappa shape index (κ1) is 13.5. The zero-order chi connectivity index (χ0) is 13.4. The van der Waals surface area contributed by atoms with Crippen molar-refractivity contribution < 1.29 is 14.3 Å². The van der Waals surface area contributed by atoms with Gasteiger partial charge >= 0.3 is 0 Å². The summed E-state index contributed by atoms with van der Waals surface area (Å²) in [5.41, 5.74) is 1.25. The Morgan fingerprint density at radius 2 is 1.84 bits per heavy atom. The molecule has 0 bridgehead atoms. The lowest BCUT2D eigenvalue weighted by Gasteiger charge is -2.23. The average Bonchev–Trinajstić information content (AvgIpc) is 2.60. The third kappa shape index (κ3) is 2.71. The van der Waals surface area contributed by atoms with Crippen molar-refractivity contribution in [1.29, 1.82) is 0 Å². The first-order valence-electron chi connectivity index (χ1n) is 6.53. The van der Waals surface area contributed by atoms with Crippen LogP contribution in [0.2, 0.25) is 0 Å². The van der Waals surface area contributed by atoms with Crippen LogP contribution in [-0.2, 0) is 14.3 Å². The van der Waals surface area contributed by atoms with Gasteiger partial charge in [-0.15, -0.1) is 0 Å². The molecule has 4 nitrogen and oxygen atoms in total. The van der Waals surface area contributed by atoms with Crippen molar-refractivity contribution in [3.63, 3.8) is 0 Å². The van der Waals surface area contributed by atoms with Crippen LogP contribution >= 0.6 is 15.9 Å². The molecule has 0 amide bonds. The molecule has 19 heavy (non-hydrogen) atoms. The summed E-state index contributed by atoms with van der Waals surface area (Å²) in [6.45, 7) is 3.18. The van der Waals surface area contributed by atoms with Crippen molar-refractivity contribution in [2.24, 2.45) is 5.92 Å². The van der Waals surface area contributed by atoms with Crippen LogP contribution in [0.15, 0.2) is 28.7 Å². The quantitative estimate of drug-likeness (QED) is 0.793. The topological polar surface area (TPSA) is 30.9 Å². The smallest absolute Gasteiger partial charge is 0.154 e. The Morgan fingerprint density at radius 1 is 1.16 bits per heavy atom. The Hall–Kier alpha value is -0.460. The monoisotopic (exact) mass is 327 g/mol. The minimum absolute atomic E-state index is 0.0728. The lowest BCUT2D eigenvalue weighted by molar-refractivity contribution is -0.180. The van der Waals surface area contributed by atoms with E-state index in [1.165, 1.54) is 5.56 Å². The van der Waals surface area contributed by atoms with E-state index in [1.807, 2.05) is 19.0 Å². The fourth-order valence-electron chi connectivity index (χ4n) is 2.82. The summed E-state index contributed by atoms with van der Waals surface area (Å²) in [6.07, 6.45) is -0.0753. The molecule has 2 aliphatic rings. The second-order valence-electron chi connectivity index (χ2n) is 5.08. The fourth-order valence-corrected chi connectivity index (χ4v) is 3.09. The third-order valence-electron chi connectivity index (χ3n) is 3.81. The molecule has 4 atom stereocenters. The van der Waals surface area contributed by atoms with E-state index >= 15 is 0 Å². The molecule has 0 radical (unpaired) electrons. The molecule has 0 unspecified atom stereocenters. The third-order valence-corrected chi connectivity index (χ3v) is 4.34. The van der Waals surface area contributed by atoms with Gasteiger partial charge in [0.15, 0.2) is 6.29 Å². The van der Waals surface area contributed by atoms with Crippen molar-refractivity contribution in [2.75, 3.05) is 20.3 Å². The van der Waals surface area contributed by atoms with Crippen molar-refractivity contribution in [3.05, 3.63) is 34.3 Å². The van der Waals surface area contributed by atoms with Gasteiger partial charge in [0.05, 0.1) is 19.3 Å². The van der Waals surface area contributed by atoms with E-state index in [0.29, 0.717) is 19.1 Å². The molecule has 2 heterocycles. The van der Waals surface area contributed by atoms with Crippen molar-refractivity contribution >= 4 is 15.9 Å². The zero-order valence-corrected chi connectivity index (χ0v) is 12.7. The summed E-state index contributed by atoms with van der Waals surface area (Å²) in [7, 11) is 1.98. The van der Waals surface area contributed by atoms with Gasteiger partial charge in [0.1, 0.15) is 6.10 Å². The van der Waals surface area contributed by atoms with Crippen LogP contribution in [0.4, 0.5) is 0 Å². The number of hydroxylamine groups is 2. The molecule has 1 aromatic carbocycles. The van der Waals surface area contributed by atoms with Gasteiger partial charge in [-0.05, 0) is 24.6 Å². The van der Waals surface area contributed by atoms with Crippen molar-refractivity contribution in [1.82, 2.24) is 5.06 Å². The second kappa shape index (κ2) is 5.50. The predicted molar refractivity (Wildman–Crippen MR) is 74.4 cm³/mol. The zero-order valence-electron chi connectivity index (χ0n) is 11.1. The van der Waals surface area contributed by atoms with E-state index in [4.69, 9.17) is 14.3 Å². The number of benzene rings is 1. The Bertz CT molecular complexity index is 439. The molecule has 0 aromatic heterocycles. The van der Waals surface area contributed by atoms with Crippen LogP contribution in [0.1, 0.15) is 18.5 Å². The minimum atomic E-state index is -0.148. The Balaban J connectivity index is 1.85. The van der Waals surface area contributed by atoms with Gasteiger partial charge in [0.25, 0.3) is 0 Å². The maximum atomic E-state index is 5.91. The molecule has 0 spiro atoms. The molecule has 5 heteroatoms. The molecule has 0 N–H and O–H groups in total. The highest BCUT2D eigenvalue weighted by Gasteiger charge is 2.44. The molecule has 2 fully saturated rings. The fraction of sp³-hybridized carbons (Fsp3) is 0.571. The lowest BCUT2D eigenvalue weighted by atomic mass is 9.90. The largest absolute Gasteiger partial charge is 0.353 e. The number of ether oxygens (including phenoxy) is 2. The number of halogens is 1. The summed E-state index contributed by atoms with van der Waals surface area (Å²) in [6, 6.07) is 8.60. The van der Waals surface area contributed by atoms with E-state index in [2.05, 4.69) is 40.2 Å². The standard InChI is InChI=1S/C14H18BrNO3/c1-9-17-7-12-13(8-18-9)19-16(2)14(12)10-3-5-11(15)6-4-10/h3-6,9,12-14H,7-8H2,1-2H3/t9-,12-,13-,14-/m0/s1. The van der Waals surface area contributed by atoms with Crippen LogP contribution in [0.5, 0.6) is 0 Å². The van der Waals surface area contributed by atoms with Crippen LogP contribution < -0.4 is 0 Å². The SMILES string of the molecule is C[C@H]1OC[C@H]2[C@H](CO1)ON(C)[C@H]2c1ccc(Br)cc1. The van der Waals surface area contributed by atoms with Crippen molar-refractivity contribution in [3.8, 4) is 0 Å². The molecule has 3 rings (SSSR count). The first-order chi connectivity index (χ1) is 9.15. The Morgan fingerprint density at radius 3 is 2.58 bits per heavy atom. The second-order valence-corrected chi connectivity index (χ2v) is 6.00. The van der Waals surface area contributed by atoms with Crippen LogP contribution in [0.3, 0.4) is 0 Å². The molecule has 104 valence electrons. The summed E-state index contributed by atoms with van der Waals surface area (Å²) >= 11 is 3.47. The highest BCUT2D eigenvalue weighted by Crippen LogP contribution is 2.40. The summed E-state index contributed by atoms with van der Waals surface area (Å²) < 4.78 is 12.4. The maximum absolute atomic E-state index is 5.91. The van der Waals surface area contributed by atoms with Gasteiger partial charge in [-0.3, -0.25) is 4.84 Å². The Labute approximate surface area is 121 Å². The van der Waals surface area contributed by atoms with E-state index in [0.717, 1.165) is 4.47 Å². The van der Waals surface area contributed by atoms with Crippen LogP contribution in [-0.4, -0.2) is 37.7 Å². The molecule has 2 saturated heterocycles. The number of nitrogens with zero attached hydrogens (tertiary/aromatic N) is 1. The van der Waals surface area contributed by atoms with Crippen molar-refractivity contribution in [2.45, 2.75) is 25.4 Å². The molecule has 0 aliphatic carbocycles. The van der Waals surface area contributed by atoms with Gasteiger partial charge in [0.2, 0.25) is 0 Å². The molecular formula is C14H18BrNO3. The maximum Gasteiger partial charge on any atom is 0.154 e. The number of hydrogen-bond acceptors (Lipinski definition) is 4. The molecule has 2 aliphatic heterocycles. The molecule has 0 saturated carbocycles. The van der Waals surface area contributed by atoms with E-state index in [-0.39, 0.29) is 18.4 Å². The Kier molecular flexibility index (Phi) is 3.91. The van der Waals surface area contributed by atoms with Gasteiger partial charge in [-0.1, -0.05) is 28.1 Å². The lowest BCUT2D eigenvalue weighted by Crippen LogP contribution is -2.25. The van der Waals surface area contributed by atoms with Gasteiger partial charge in [-0.25, -0.2) is 0 Å². The molecular weight excluding hydrogens is 310 g/mol. The van der Waals surface area contributed by atoms with Crippen LogP contribution in [0, 0.1) is 5.92 Å². The summed E-state index contributed by atoms with van der Waals surface area (Å²) in [4.78, 5) is 5.91. The first-order valence-corrected chi connectivity index (χ1v) is 7.32. The van der Waals surface area contributed by atoms with Gasteiger partial charge in [-0.2, -0.15) is 5.06 Å². The number of hydrogen-bond donors (Lipinski definition) is 0. The number of fused-ring (bicyclic) bond motifs is 1. The normalized spacial score (nSPS) is 35.9. The average molecular weight is 328 g/mol. The van der Waals surface area contributed by atoms with E-state index in [1.54, 1.807) is 0 Å². The summed E-state index contributed by atoms with van der Waals surface area (Å²) in [5.74, 6) is 0.302. The summed E-state index contributed by atoms with van der Waals surface area (Å²) in [5, 5.41) is 1.93. The number of rotatable bonds is 1. The van der Waals surface area contributed by atoms with E-state index < -0.39 is 0 Å². The predicted octanol–water partition coefficient (Wildman–Crippen LogP) is 2.74. The highest BCUT2D eigenvalue weighted by atomic mass is 79.9. The van der Waals surface area contributed by atoms with Crippen LogP contribution in [0.25, 0.3) is 0 Å². The molecule has 1 aromatic rings.